The molecule has 0 aliphatic carbocycles. The van der Waals surface area contributed by atoms with Crippen LogP contribution in [0.2, 0.25) is 0 Å². The Labute approximate surface area is 139 Å². The summed E-state index contributed by atoms with van der Waals surface area (Å²) in [4.78, 5) is 12.3. The lowest BCUT2D eigenvalue weighted by Gasteiger charge is -2.10. The van der Waals surface area contributed by atoms with Gasteiger partial charge >= 0.3 is 0 Å². The van der Waals surface area contributed by atoms with E-state index < -0.39 is 0 Å². The molecule has 0 aliphatic heterocycles. The van der Waals surface area contributed by atoms with Crippen LogP contribution in [0.25, 0.3) is 0 Å². The Morgan fingerprint density at radius 1 is 1.24 bits per heavy atom. The number of carbonyl (C=O) groups is 1. The molecule has 0 radical (unpaired) electrons. The van der Waals surface area contributed by atoms with Crippen LogP contribution in [-0.4, -0.2) is 13.0 Å². The highest BCUT2D eigenvalue weighted by Gasteiger charge is 2.13. The number of carbonyl (C=O) groups excluding carboxylic acids is 1. The first-order chi connectivity index (χ1) is 10.0. The van der Waals surface area contributed by atoms with Gasteiger partial charge < -0.3 is 10.1 Å². The van der Waals surface area contributed by atoms with Crippen LogP contribution < -0.4 is 10.1 Å². The van der Waals surface area contributed by atoms with Crippen molar-refractivity contribution in [2.75, 3.05) is 12.4 Å². The summed E-state index contributed by atoms with van der Waals surface area (Å²) in [5, 5.41) is 11.8. The fourth-order valence-corrected chi connectivity index (χ4v) is 2.50. The quantitative estimate of drug-likeness (QED) is 0.819. The van der Waals surface area contributed by atoms with Crippen molar-refractivity contribution in [1.29, 1.82) is 5.26 Å². The molecule has 0 saturated heterocycles. The second-order valence-electron chi connectivity index (χ2n) is 4.10. The van der Waals surface area contributed by atoms with Gasteiger partial charge in [0.1, 0.15) is 11.8 Å². The molecule has 0 saturated carbocycles. The number of hydrogen-bond acceptors (Lipinski definition) is 3. The van der Waals surface area contributed by atoms with Crippen molar-refractivity contribution in [2.45, 2.75) is 0 Å². The minimum Gasteiger partial charge on any atom is -0.497 e. The molecule has 106 valence electrons. The van der Waals surface area contributed by atoms with Crippen molar-refractivity contribution >= 4 is 43.5 Å². The molecule has 2 aromatic rings. The van der Waals surface area contributed by atoms with E-state index in [-0.39, 0.29) is 5.91 Å². The van der Waals surface area contributed by atoms with E-state index >= 15 is 0 Å². The van der Waals surface area contributed by atoms with E-state index in [0.29, 0.717) is 27.0 Å². The van der Waals surface area contributed by atoms with Crippen LogP contribution in [0.1, 0.15) is 15.9 Å². The molecule has 0 atom stereocenters. The molecule has 2 rings (SSSR count). The van der Waals surface area contributed by atoms with Crippen molar-refractivity contribution in [2.24, 2.45) is 0 Å². The summed E-state index contributed by atoms with van der Waals surface area (Å²) in [6.07, 6.45) is 0. The number of halogens is 2. The van der Waals surface area contributed by atoms with Crippen molar-refractivity contribution in [3.05, 3.63) is 56.5 Å². The van der Waals surface area contributed by atoms with Gasteiger partial charge in [0, 0.05) is 8.95 Å². The molecule has 21 heavy (non-hydrogen) atoms. The second-order valence-corrected chi connectivity index (χ2v) is 5.87. The van der Waals surface area contributed by atoms with E-state index in [1.807, 2.05) is 6.07 Å². The van der Waals surface area contributed by atoms with Crippen molar-refractivity contribution in [3.63, 3.8) is 0 Å². The second kappa shape index (κ2) is 6.74. The van der Waals surface area contributed by atoms with E-state index in [9.17, 15) is 4.79 Å². The Balaban J connectivity index is 2.33. The topological polar surface area (TPSA) is 62.1 Å². The smallest absolute Gasteiger partial charge is 0.256 e. The third kappa shape index (κ3) is 3.63. The number of nitrogens with one attached hydrogen (secondary N) is 1. The summed E-state index contributed by atoms with van der Waals surface area (Å²) in [6.45, 7) is 0. The van der Waals surface area contributed by atoms with Crippen LogP contribution >= 0.6 is 31.9 Å². The van der Waals surface area contributed by atoms with Gasteiger partial charge in [-0.15, -0.1) is 0 Å². The molecule has 1 amide bonds. The van der Waals surface area contributed by atoms with Gasteiger partial charge in [-0.25, -0.2) is 0 Å². The van der Waals surface area contributed by atoms with Crippen molar-refractivity contribution < 1.29 is 9.53 Å². The lowest BCUT2D eigenvalue weighted by atomic mass is 10.1. The normalized spacial score (nSPS) is 9.81. The minimum atomic E-state index is -0.320. The van der Waals surface area contributed by atoms with Gasteiger partial charge in [0.2, 0.25) is 0 Å². The highest BCUT2D eigenvalue weighted by Crippen LogP contribution is 2.25. The Morgan fingerprint density at radius 3 is 2.67 bits per heavy atom. The molecule has 0 bridgehead atoms. The first-order valence-corrected chi connectivity index (χ1v) is 7.48. The standard InChI is InChI=1S/C15H10Br2N2O2/c1-21-11-3-4-13(17)12(7-11)15(20)19-14-5-2-10(16)6-9(14)8-18/h2-7H,1H3,(H,19,20). The molecule has 0 aliphatic rings. The number of anilines is 1. The van der Waals surface area contributed by atoms with Crippen LogP contribution in [0, 0.1) is 11.3 Å². The summed E-state index contributed by atoms with van der Waals surface area (Å²) in [5.41, 5.74) is 1.28. The summed E-state index contributed by atoms with van der Waals surface area (Å²) in [7, 11) is 1.54. The lowest BCUT2D eigenvalue weighted by molar-refractivity contribution is 0.102. The summed E-state index contributed by atoms with van der Waals surface area (Å²) < 4.78 is 6.54. The Hall–Kier alpha value is -1.84. The number of hydrogen-bond donors (Lipinski definition) is 1. The number of nitrogens with zero attached hydrogens (tertiary/aromatic N) is 1. The Morgan fingerprint density at radius 2 is 2.00 bits per heavy atom. The van der Waals surface area contributed by atoms with Crippen LogP contribution in [0.15, 0.2) is 45.3 Å². The number of amides is 1. The first-order valence-electron chi connectivity index (χ1n) is 5.89. The molecule has 4 nitrogen and oxygen atoms in total. The number of rotatable bonds is 3. The molecule has 0 fully saturated rings. The molecular formula is C15H10Br2N2O2. The zero-order valence-electron chi connectivity index (χ0n) is 11.0. The zero-order valence-corrected chi connectivity index (χ0v) is 14.2. The highest BCUT2D eigenvalue weighted by molar-refractivity contribution is 9.10. The predicted molar refractivity (Wildman–Crippen MR) is 87.5 cm³/mol. The summed E-state index contributed by atoms with van der Waals surface area (Å²) in [6, 6.07) is 12.3. The van der Waals surface area contributed by atoms with Crippen LogP contribution in [0.3, 0.4) is 0 Å². The molecule has 1 N–H and O–H groups in total. The predicted octanol–water partition coefficient (Wildman–Crippen LogP) is 4.34. The minimum absolute atomic E-state index is 0.320. The first kappa shape index (κ1) is 15.5. The molecule has 0 aromatic heterocycles. The molecule has 0 spiro atoms. The maximum absolute atomic E-state index is 12.3. The van der Waals surface area contributed by atoms with Gasteiger partial charge in [-0.3, -0.25) is 4.79 Å². The van der Waals surface area contributed by atoms with Crippen molar-refractivity contribution in [1.82, 2.24) is 0 Å². The molecule has 0 heterocycles. The van der Waals surface area contributed by atoms with E-state index in [1.165, 1.54) is 7.11 Å². The van der Waals surface area contributed by atoms with Crippen LogP contribution in [0.4, 0.5) is 5.69 Å². The van der Waals surface area contributed by atoms with Gasteiger partial charge in [0.25, 0.3) is 5.91 Å². The summed E-state index contributed by atoms with van der Waals surface area (Å²) in [5.74, 6) is 0.263. The van der Waals surface area contributed by atoms with Crippen molar-refractivity contribution in [3.8, 4) is 11.8 Å². The molecule has 2 aromatic carbocycles. The van der Waals surface area contributed by atoms with Crippen LogP contribution in [-0.2, 0) is 0 Å². The Bertz CT molecular complexity index is 739. The third-order valence-electron chi connectivity index (χ3n) is 2.77. The molecular weight excluding hydrogens is 400 g/mol. The number of methoxy groups -OCH3 is 1. The van der Waals surface area contributed by atoms with Crippen LogP contribution in [0.5, 0.6) is 5.75 Å². The third-order valence-corrected chi connectivity index (χ3v) is 3.95. The lowest BCUT2D eigenvalue weighted by Crippen LogP contribution is -2.13. The van der Waals surface area contributed by atoms with E-state index in [2.05, 4.69) is 37.2 Å². The maximum atomic E-state index is 12.3. The average Bonchev–Trinajstić information content (AvgIpc) is 2.49. The number of nitriles is 1. The number of ether oxygens (including phenoxy) is 1. The summed E-state index contributed by atoms with van der Waals surface area (Å²) >= 11 is 6.62. The van der Waals surface area contributed by atoms with Gasteiger partial charge in [-0.2, -0.15) is 5.26 Å². The van der Waals surface area contributed by atoms with E-state index in [1.54, 1.807) is 36.4 Å². The largest absolute Gasteiger partial charge is 0.497 e. The monoisotopic (exact) mass is 408 g/mol. The fraction of sp³-hybridized carbons (Fsp3) is 0.0667. The number of benzene rings is 2. The van der Waals surface area contributed by atoms with Gasteiger partial charge in [0.05, 0.1) is 23.9 Å². The highest BCUT2D eigenvalue weighted by atomic mass is 79.9. The van der Waals surface area contributed by atoms with Gasteiger partial charge in [0.15, 0.2) is 0 Å². The fourth-order valence-electron chi connectivity index (χ4n) is 1.71. The van der Waals surface area contributed by atoms with Gasteiger partial charge in [-0.05, 0) is 52.3 Å². The van der Waals surface area contributed by atoms with Gasteiger partial charge in [-0.1, -0.05) is 15.9 Å². The van der Waals surface area contributed by atoms with E-state index in [4.69, 9.17) is 10.00 Å². The SMILES string of the molecule is COc1ccc(Br)c(C(=O)Nc2ccc(Br)cc2C#N)c1. The maximum Gasteiger partial charge on any atom is 0.256 e. The van der Waals surface area contributed by atoms with E-state index in [0.717, 1.165) is 4.47 Å². The zero-order chi connectivity index (χ0) is 15.4. The molecule has 6 heteroatoms. The molecule has 0 unspecified atom stereocenters. The Kier molecular flexibility index (Phi) is 4.99. The average molecular weight is 410 g/mol.